The van der Waals surface area contributed by atoms with E-state index in [1.54, 1.807) is 16.7 Å². The molecule has 7 atom stereocenters. The lowest BCUT2D eigenvalue weighted by Crippen LogP contribution is -2.44. The topological polar surface area (TPSA) is 20.2 Å². The van der Waals surface area contributed by atoms with Gasteiger partial charge in [0, 0.05) is 0 Å². The van der Waals surface area contributed by atoms with Crippen LogP contribution in [0.3, 0.4) is 0 Å². The second-order valence-corrected chi connectivity index (χ2v) is 12.1. The van der Waals surface area contributed by atoms with Crippen LogP contribution in [0.15, 0.2) is 47.1 Å². The van der Waals surface area contributed by atoms with E-state index in [9.17, 15) is 5.11 Å². The van der Waals surface area contributed by atoms with Gasteiger partial charge in [-0.05, 0) is 101 Å². The van der Waals surface area contributed by atoms with Gasteiger partial charge < -0.3 is 5.11 Å². The Bertz CT molecular complexity index is 810. The van der Waals surface area contributed by atoms with Crippen molar-refractivity contribution in [2.24, 2.45) is 40.4 Å². The van der Waals surface area contributed by atoms with Gasteiger partial charge in [-0.3, -0.25) is 0 Å². The van der Waals surface area contributed by atoms with Crippen LogP contribution in [0, 0.1) is 40.4 Å². The predicted molar refractivity (Wildman–Crippen MR) is 133 cm³/mol. The second-order valence-electron chi connectivity index (χ2n) is 12.1. The molecule has 0 saturated heterocycles. The van der Waals surface area contributed by atoms with Gasteiger partial charge in [-0.25, -0.2) is 0 Å². The van der Waals surface area contributed by atoms with Gasteiger partial charge in [0.15, 0.2) is 0 Å². The van der Waals surface area contributed by atoms with Crippen LogP contribution in [0.5, 0.6) is 0 Å². The zero-order valence-corrected chi connectivity index (χ0v) is 21.0. The van der Waals surface area contributed by atoms with Crippen LogP contribution in [0.1, 0.15) is 92.9 Å². The molecule has 0 aromatic rings. The van der Waals surface area contributed by atoms with E-state index in [1.165, 1.54) is 32.1 Å². The summed E-state index contributed by atoms with van der Waals surface area (Å²) < 4.78 is 0. The van der Waals surface area contributed by atoms with Crippen molar-refractivity contribution in [3.8, 4) is 0 Å². The van der Waals surface area contributed by atoms with E-state index in [4.69, 9.17) is 0 Å². The zero-order valence-electron chi connectivity index (χ0n) is 21.0. The third-order valence-corrected chi connectivity index (χ3v) is 10.2. The highest BCUT2D eigenvalue weighted by molar-refractivity contribution is 5.59. The fourth-order valence-corrected chi connectivity index (χ4v) is 7.90. The van der Waals surface area contributed by atoms with Crippen molar-refractivity contribution in [1.29, 1.82) is 0 Å². The van der Waals surface area contributed by atoms with E-state index in [-0.39, 0.29) is 11.5 Å². The minimum Gasteiger partial charge on any atom is -0.389 e. The van der Waals surface area contributed by atoms with Gasteiger partial charge in [-0.1, -0.05) is 79.2 Å². The zero-order chi connectivity index (χ0) is 22.6. The Balaban J connectivity index is 1.55. The minimum atomic E-state index is -0.309. The molecular formula is C30H46O. The molecule has 1 saturated carbocycles. The van der Waals surface area contributed by atoms with Gasteiger partial charge in [0.2, 0.25) is 0 Å². The Hall–Kier alpha value is -1.08. The summed E-state index contributed by atoms with van der Waals surface area (Å²) in [6.07, 6.45) is 16.9. The van der Waals surface area contributed by atoms with Crippen molar-refractivity contribution in [3.63, 3.8) is 0 Å². The Morgan fingerprint density at radius 2 is 1.74 bits per heavy atom. The molecule has 0 radical (unpaired) electrons. The summed E-state index contributed by atoms with van der Waals surface area (Å²) in [5, 5.41) is 10.4. The molecule has 0 amide bonds. The average Bonchev–Trinajstić information content (AvgIpc) is 3.08. The van der Waals surface area contributed by atoms with Crippen molar-refractivity contribution >= 4 is 0 Å². The smallest absolute Gasteiger partial charge is 0.0750 e. The van der Waals surface area contributed by atoms with Crippen molar-refractivity contribution < 1.29 is 5.11 Å². The average molecular weight is 423 g/mol. The number of rotatable bonds is 6. The molecule has 31 heavy (non-hydrogen) atoms. The number of hydrogen-bond acceptors (Lipinski definition) is 1. The SMILES string of the molecule is C=C1[C@@H](O)CC[C@]2(C)C3=CC[C@@]4(C)C(=CC[C@@H]4[C@H](C)CC[C@H](CC)C(C)C)C3=CC[C@@H]12. The Morgan fingerprint density at radius 3 is 2.42 bits per heavy atom. The molecule has 0 aliphatic heterocycles. The molecule has 4 rings (SSSR count). The maximum absolute atomic E-state index is 10.4. The lowest BCUT2D eigenvalue weighted by atomic mass is 9.52. The van der Waals surface area contributed by atoms with E-state index in [2.05, 4.69) is 66.3 Å². The maximum Gasteiger partial charge on any atom is 0.0750 e. The first-order valence-corrected chi connectivity index (χ1v) is 13.1. The van der Waals surface area contributed by atoms with E-state index < -0.39 is 0 Å². The van der Waals surface area contributed by atoms with Crippen LogP contribution in [0.4, 0.5) is 0 Å². The van der Waals surface area contributed by atoms with E-state index in [1.807, 2.05) is 0 Å². The van der Waals surface area contributed by atoms with Gasteiger partial charge >= 0.3 is 0 Å². The Labute approximate surface area is 191 Å². The van der Waals surface area contributed by atoms with Gasteiger partial charge in [-0.2, -0.15) is 0 Å². The number of aliphatic hydroxyl groups excluding tert-OH is 1. The van der Waals surface area contributed by atoms with Crippen molar-refractivity contribution in [2.45, 2.75) is 99.0 Å². The summed E-state index contributed by atoms with van der Waals surface area (Å²) >= 11 is 0. The highest BCUT2D eigenvalue weighted by Crippen LogP contribution is 2.63. The highest BCUT2D eigenvalue weighted by Gasteiger charge is 2.53. The van der Waals surface area contributed by atoms with Crippen molar-refractivity contribution in [3.05, 3.63) is 47.1 Å². The molecule has 0 bridgehead atoms. The van der Waals surface area contributed by atoms with Gasteiger partial charge in [-0.15, -0.1) is 0 Å². The first-order valence-electron chi connectivity index (χ1n) is 13.1. The molecule has 1 fully saturated rings. The summed E-state index contributed by atoms with van der Waals surface area (Å²) in [6.45, 7) is 19.0. The van der Waals surface area contributed by atoms with Gasteiger partial charge in [0.25, 0.3) is 0 Å². The van der Waals surface area contributed by atoms with Crippen molar-refractivity contribution in [1.82, 2.24) is 0 Å². The number of hydrogen-bond donors (Lipinski definition) is 1. The summed E-state index contributed by atoms with van der Waals surface area (Å²) in [5.41, 5.74) is 6.29. The molecule has 1 nitrogen and oxygen atoms in total. The molecule has 0 unspecified atom stereocenters. The molecule has 0 spiro atoms. The monoisotopic (exact) mass is 422 g/mol. The lowest BCUT2D eigenvalue weighted by molar-refractivity contribution is 0.0932. The molecule has 1 N–H and O–H groups in total. The largest absolute Gasteiger partial charge is 0.389 e. The molecule has 1 heteroatoms. The molecule has 172 valence electrons. The molecule has 0 aromatic heterocycles. The maximum atomic E-state index is 10.4. The Kier molecular flexibility index (Phi) is 6.23. The number of fused-ring (bicyclic) bond motifs is 5. The van der Waals surface area contributed by atoms with Crippen LogP contribution in [0.25, 0.3) is 0 Å². The van der Waals surface area contributed by atoms with Crippen LogP contribution in [0.2, 0.25) is 0 Å². The summed E-state index contributed by atoms with van der Waals surface area (Å²) in [4.78, 5) is 0. The van der Waals surface area contributed by atoms with E-state index >= 15 is 0 Å². The summed E-state index contributed by atoms with van der Waals surface area (Å²) in [6, 6.07) is 0. The van der Waals surface area contributed by atoms with E-state index in [0.717, 1.165) is 48.5 Å². The Morgan fingerprint density at radius 1 is 1.03 bits per heavy atom. The number of allylic oxidation sites excluding steroid dienone is 6. The van der Waals surface area contributed by atoms with Crippen LogP contribution < -0.4 is 0 Å². The quantitative estimate of drug-likeness (QED) is 0.429. The molecular weight excluding hydrogens is 376 g/mol. The first-order chi connectivity index (χ1) is 14.6. The summed E-state index contributed by atoms with van der Waals surface area (Å²) in [7, 11) is 0. The highest BCUT2D eigenvalue weighted by atomic mass is 16.3. The van der Waals surface area contributed by atoms with Crippen LogP contribution >= 0.6 is 0 Å². The van der Waals surface area contributed by atoms with Crippen LogP contribution in [-0.2, 0) is 0 Å². The fourth-order valence-electron chi connectivity index (χ4n) is 7.90. The van der Waals surface area contributed by atoms with Gasteiger partial charge in [0.05, 0.1) is 6.10 Å². The third kappa shape index (κ3) is 3.64. The normalized spacial score (nSPS) is 39.2. The second kappa shape index (κ2) is 8.36. The lowest BCUT2D eigenvalue weighted by Gasteiger charge is -2.53. The minimum absolute atomic E-state index is 0.151. The molecule has 0 heterocycles. The standard InChI is InChI=1S/C30H46O/c1-8-22(19(2)3)10-9-20(4)24-13-14-26-23-11-12-25-21(5)28(31)16-18-30(25,7)27(23)15-17-29(24,26)6/h11,14-15,19-20,22,24-25,28,31H,5,8-10,12-13,16-18H2,1-4,6-7H3/t20-,22+,24-,25+,28+,29-,30+/m1/s1. The third-order valence-electron chi connectivity index (χ3n) is 10.2. The van der Waals surface area contributed by atoms with Crippen LogP contribution in [-0.4, -0.2) is 11.2 Å². The molecule has 4 aliphatic rings. The fraction of sp³-hybridized carbons (Fsp3) is 0.733. The molecule has 4 aliphatic carbocycles. The molecule has 0 aromatic carbocycles. The predicted octanol–water partition coefficient (Wildman–Crippen LogP) is 8.03. The van der Waals surface area contributed by atoms with E-state index in [0.29, 0.717) is 11.3 Å². The summed E-state index contributed by atoms with van der Waals surface area (Å²) in [5.74, 6) is 3.61. The first kappa shape index (κ1) is 23.1. The van der Waals surface area contributed by atoms with Crippen molar-refractivity contribution in [2.75, 3.05) is 0 Å². The number of aliphatic hydroxyl groups is 1. The van der Waals surface area contributed by atoms with Gasteiger partial charge in [0.1, 0.15) is 0 Å².